The summed E-state index contributed by atoms with van der Waals surface area (Å²) < 4.78 is 10.6. The van der Waals surface area contributed by atoms with E-state index in [4.69, 9.17) is 19.4 Å². The minimum atomic E-state index is -0.669. The fourth-order valence-electron chi connectivity index (χ4n) is 8.77. The number of methoxy groups -OCH3 is 1. The fourth-order valence-corrected chi connectivity index (χ4v) is 8.77. The number of rotatable bonds is 7. The zero-order valence-corrected chi connectivity index (χ0v) is 31.6. The molecule has 0 spiro atoms. The Labute approximate surface area is 314 Å². The lowest BCUT2D eigenvalue weighted by Crippen LogP contribution is -2.52. The van der Waals surface area contributed by atoms with Crippen LogP contribution in [0.15, 0.2) is 60.8 Å². The van der Waals surface area contributed by atoms with E-state index in [0.29, 0.717) is 11.8 Å². The van der Waals surface area contributed by atoms with E-state index in [1.54, 1.807) is 0 Å². The number of hydrogen-bond donors (Lipinski definition) is 3. The summed E-state index contributed by atoms with van der Waals surface area (Å²) in [7, 11) is 1.31. The molecule has 12 heteroatoms. The van der Waals surface area contributed by atoms with Crippen LogP contribution in [0.1, 0.15) is 84.0 Å². The van der Waals surface area contributed by atoms with Crippen molar-refractivity contribution in [3.63, 3.8) is 0 Å². The SMILES string of the molecule is COC(=O)N[C@H](C(=O)N1[C@@H]2C[C@H]2C[C@H]1c1ncc(-c2ccc3cc(-c4ccc5nc(C6CC7CC7N6C(=O)OC(C)(C)C)[nH]c5c4)ccc3c2)[nH]1)C(C)C. The normalized spacial score (nSPS) is 24.8. The molecule has 4 heterocycles. The van der Waals surface area contributed by atoms with Gasteiger partial charge in [-0.15, -0.1) is 0 Å². The zero-order chi connectivity index (χ0) is 37.6. The molecular weight excluding hydrogens is 683 g/mol. The highest BCUT2D eigenvalue weighted by molar-refractivity contribution is 5.92. The quantitative estimate of drug-likeness (QED) is 0.155. The second-order valence-electron chi connectivity index (χ2n) is 16.9. The maximum absolute atomic E-state index is 13.8. The van der Waals surface area contributed by atoms with E-state index >= 15 is 0 Å². The van der Waals surface area contributed by atoms with Crippen LogP contribution in [0.2, 0.25) is 0 Å². The number of likely N-dealkylation sites (tertiary alicyclic amines) is 2. The molecule has 54 heavy (non-hydrogen) atoms. The summed E-state index contributed by atoms with van der Waals surface area (Å²) in [6.07, 6.45) is 4.75. The van der Waals surface area contributed by atoms with Crippen molar-refractivity contribution >= 4 is 39.9 Å². The number of imidazole rings is 2. The Balaban J connectivity index is 0.928. The van der Waals surface area contributed by atoms with Crippen LogP contribution in [0.5, 0.6) is 0 Å². The molecule has 5 aromatic rings. The second kappa shape index (κ2) is 12.6. The summed E-state index contributed by atoms with van der Waals surface area (Å²) in [6.45, 7) is 9.56. The third kappa shape index (κ3) is 6.15. The van der Waals surface area contributed by atoms with Crippen molar-refractivity contribution in [1.82, 2.24) is 35.1 Å². The van der Waals surface area contributed by atoms with Gasteiger partial charge in [-0.25, -0.2) is 19.6 Å². The van der Waals surface area contributed by atoms with Gasteiger partial charge in [0.15, 0.2) is 0 Å². The van der Waals surface area contributed by atoms with Gasteiger partial charge in [-0.2, -0.15) is 0 Å². The summed E-state index contributed by atoms with van der Waals surface area (Å²) in [5.41, 5.74) is 5.35. The number of carbonyl (C=O) groups is 3. The first-order valence-corrected chi connectivity index (χ1v) is 19.1. The number of fused-ring (bicyclic) bond motifs is 4. The Hall–Kier alpha value is -5.39. The summed E-state index contributed by atoms with van der Waals surface area (Å²) in [5, 5.41) is 4.96. The summed E-state index contributed by atoms with van der Waals surface area (Å²) in [5.74, 6) is 2.36. The molecule has 4 aliphatic rings. The minimum Gasteiger partial charge on any atom is -0.453 e. The number of aromatic nitrogens is 4. The third-order valence-electron chi connectivity index (χ3n) is 11.7. The van der Waals surface area contributed by atoms with Crippen LogP contribution in [0.3, 0.4) is 0 Å². The van der Waals surface area contributed by atoms with Gasteiger partial charge in [-0.3, -0.25) is 9.69 Å². The number of H-pyrrole nitrogens is 2. The largest absolute Gasteiger partial charge is 0.453 e. The number of ether oxygens (including phenoxy) is 2. The molecule has 12 nitrogen and oxygen atoms in total. The van der Waals surface area contributed by atoms with Gasteiger partial charge in [-0.05, 0) is 110 Å². The molecule has 9 rings (SSSR count). The van der Waals surface area contributed by atoms with E-state index in [-0.39, 0.29) is 42.1 Å². The number of piperidine rings is 2. The van der Waals surface area contributed by atoms with Crippen LogP contribution < -0.4 is 5.32 Å². The highest BCUT2D eigenvalue weighted by atomic mass is 16.6. The first-order valence-electron chi connectivity index (χ1n) is 19.1. The van der Waals surface area contributed by atoms with Gasteiger partial charge >= 0.3 is 12.2 Å². The molecule has 3 aromatic carbocycles. The third-order valence-corrected chi connectivity index (χ3v) is 11.7. The molecule has 4 fully saturated rings. The second-order valence-corrected chi connectivity index (χ2v) is 16.9. The molecular formula is C42H47N7O5. The van der Waals surface area contributed by atoms with Gasteiger partial charge in [0.2, 0.25) is 5.91 Å². The molecule has 2 aliphatic carbocycles. The number of aromatic amines is 2. The van der Waals surface area contributed by atoms with E-state index in [1.807, 2.05) is 56.7 Å². The van der Waals surface area contributed by atoms with Crippen LogP contribution in [0, 0.1) is 17.8 Å². The number of nitrogens with one attached hydrogen (secondary N) is 3. The Bertz CT molecular complexity index is 2300. The molecule has 2 aromatic heterocycles. The lowest BCUT2D eigenvalue weighted by molar-refractivity contribution is -0.136. The van der Waals surface area contributed by atoms with Gasteiger partial charge < -0.3 is 29.7 Å². The molecule has 2 aliphatic heterocycles. The van der Waals surface area contributed by atoms with E-state index in [0.717, 1.165) is 81.5 Å². The Morgan fingerprint density at radius 2 is 1.44 bits per heavy atom. The van der Waals surface area contributed by atoms with Crippen molar-refractivity contribution in [3.8, 4) is 22.4 Å². The number of carbonyl (C=O) groups excluding carboxylic acids is 3. The molecule has 7 atom stereocenters. The zero-order valence-electron chi connectivity index (χ0n) is 31.6. The highest BCUT2D eigenvalue weighted by Gasteiger charge is 2.57. The predicted octanol–water partition coefficient (Wildman–Crippen LogP) is 7.89. The Kier molecular flexibility index (Phi) is 8.02. The van der Waals surface area contributed by atoms with E-state index < -0.39 is 17.7 Å². The number of alkyl carbamates (subject to hydrolysis) is 1. The minimum absolute atomic E-state index is 0.0905. The van der Waals surface area contributed by atoms with Crippen LogP contribution in [0.4, 0.5) is 9.59 Å². The standard InChI is InChI=1S/C42H47N7O5/c1-21(2)36(47-40(51)53-6)39(50)48-32-16-27(32)18-34(48)37-43-20-31(46-37)26-10-9-22-13-23(7-8-24(22)14-26)25-11-12-29-30(15-25)45-38(44-29)35-19-28-17-33(28)49(35)41(52)54-42(3,4)5/h7-15,20-21,27-28,32-36H,16-19H2,1-6H3,(H,43,46)(H,44,45)(H,47,51)/t27-,28?,32+,33?,34-,35?,36-/m0/s1. The average molecular weight is 730 g/mol. The smallest absolute Gasteiger partial charge is 0.411 e. The molecule has 2 saturated heterocycles. The maximum atomic E-state index is 13.8. The lowest BCUT2D eigenvalue weighted by Gasteiger charge is -2.31. The monoisotopic (exact) mass is 729 g/mol. The maximum Gasteiger partial charge on any atom is 0.411 e. The van der Waals surface area contributed by atoms with E-state index in [9.17, 15) is 14.4 Å². The van der Waals surface area contributed by atoms with Gasteiger partial charge in [-0.1, -0.05) is 44.2 Å². The first kappa shape index (κ1) is 34.4. The van der Waals surface area contributed by atoms with Crippen LogP contribution in [-0.4, -0.2) is 78.7 Å². The summed E-state index contributed by atoms with van der Waals surface area (Å²) in [4.78, 5) is 59.6. The van der Waals surface area contributed by atoms with Crippen molar-refractivity contribution in [2.75, 3.05) is 7.11 Å². The molecule has 3 unspecified atom stereocenters. The summed E-state index contributed by atoms with van der Waals surface area (Å²) >= 11 is 0. The van der Waals surface area contributed by atoms with Gasteiger partial charge in [0.1, 0.15) is 23.3 Å². The predicted molar refractivity (Wildman–Crippen MR) is 204 cm³/mol. The van der Waals surface area contributed by atoms with Crippen LogP contribution in [0.25, 0.3) is 44.2 Å². The first-order chi connectivity index (χ1) is 25.8. The number of nitrogens with zero attached hydrogens (tertiary/aromatic N) is 4. The molecule has 0 radical (unpaired) electrons. The Morgan fingerprint density at radius 1 is 0.815 bits per heavy atom. The highest BCUT2D eigenvalue weighted by Crippen LogP contribution is 2.54. The number of amides is 3. The van der Waals surface area contributed by atoms with Gasteiger partial charge in [0.05, 0.1) is 42.1 Å². The fraction of sp³-hybridized carbons (Fsp3) is 0.452. The van der Waals surface area contributed by atoms with Crippen molar-refractivity contribution in [1.29, 1.82) is 0 Å². The molecule has 3 amide bonds. The van der Waals surface area contributed by atoms with E-state index in [1.165, 1.54) is 7.11 Å². The van der Waals surface area contributed by atoms with Crippen LogP contribution in [-0.2, 0) is 14.3 Å². The molecule has 280 valence electrons. The average Bonchev–Trinajstić information content (AvgIpc) is 3.76. The van der Waals surface area contributed by atoms with Crippen molar-refractivity contribution in [3.05, 3.63) is 72.4 Å². The van der Waals surface area contributed by atoms with E-state index in [2.05, 4.69) is 63.8 Å². The van der Waals surface area contributed by atoms with Crippen molar-refractivity contribution in [2.24, 2.45) is 17.8 Å². The lowest BCUT2D eigenvalue weighted by atomic mass is 9.99. The topological polar surface area (TPSA) is 146 Å². The van der Waals surface area contributed by atoms with Crippen molar-refractivity contribution in [2.45, 2.75) is 96.1 Å². The van der Waals surface area contributed by atoms with Crippen LogP contribution >= 0.6 is 0 Å². The molecule has 3 N–H and O–H groups in total. The Morgan fingerprint density at radius 3 is 2.13 bits per heavy atom. The molecule has 2 saturated carbocycles. The van der Waals surface area contributed by atoms with Crippen molar-refractivity contribution < 1.29 is 23.9 Å². The van der Waals surface area contributed by atoms with Gasteiger partial charge in [0, 0.05) is 17.6 Å². The summed E-state index contributed by atoms with van der Waals surface area (Å²) in [6, 6.07) is 18.6. The van der Waals surface area contributed by atoms with Gasteiger partial charge in [0.25, 0.3) is 0 Å². The molecule has 0 bridgehead atoms. The number of hydrogen-bond acceptors (Lipinski definition) is 7. The number of benzene rings is 3.